The van der Waals surface area contributed by atoms with Gasteiger partial charge in [-0.3, -0.25) is 0 Å². The average Bonchev–Trinajstić information content (AvgIpc) is 2.28. The lowest BCUT2D eigenvalue weighted by Gasteiger charge is -2.20. The largest absolute Gasteiger partial charge is 0.329 e. The second-order valence-electron chi connectivity index (χ2n) is 5.13. The van der Waals surface area contributed by atoms with Crippen LogP contribution in [0.4, 0.5) is 0 Å². The van der Waals surface area contributed by atoms with Crippen molar-refractivity contribution in [2.45, 2.75) is 39.7 Å². The minimum absolute atomic E-state index is 0.451. The first-order chi connectivity index (χ1) is 8.13. The van der Waals surface area contributed by atoms with Crippen LogP contribution in [0, 0.1) is 12.8 Å². The van der Waals surface area contributed by atoms with Gasteiger partial charge in [-0.05, 0) is 37.8 Å². The van der Waals surface area contributed by atoms with Crippen molar-refractivity contribution in [2.75, 3.05) is 13.1 Å². The molecule has 1 aromatic carbocycles. The summed E-state index contributed by atoms with van der Waals surface area (Å²) in [5.74, 6) is 0.610. The van der Waals surface area contributed by atoms with E-state index in [1.54, 1.807) is 0 Å². The summed E-state index contributed by atoms with van der Waals surface area (Å²) in [5, 5.41) is 3.53. The van der Waals surface area contributed by atoms with E-state index in [-0.39, 0.29) is 0 Å². The van der Waals surface area contributed by atoms with E-state index in [1.807, 2.05) is 0 Å². The summed E-state index contributed by atoms with van der Waals surface area (Å²) in [6, 6.07) is 9.20. The van der Waals surface area contributed by atoms with Gasteiger partial charge in [-0.2, -0.15) is 0 Å². The molecule has 0 saturated carbocycles. The highest BCUT2D eigenvalue weighted by Gasteiger charge is 2.09. The van der Waals surface area contributed by atoms with E-state index in [9.17, 15) is 0 Å². The third kappa shape index (κ3) is 5.33. The SMILES string of the molecule is Cc1cccc(CCCNC(CN)C(C)C)c1. The Labute approximate surface area is 106 Å². The summed E-state index contributed by atoms with van der Waals surface area (Å²) in [5.41, 5.74) is 8.50. The predicted octanol–water partition coefficient (Wildman–Crippen LogP) is 2.50. The van der Waals surface area contributed by atoms with E-state index in [4.69, 9.17) is 5.73 Å². The summed E-state index contributed by atoms with van der Waals surface area (Å²) in [6.45, 7) is 8.34. The van der Waals surface area contributed by atoms with Gasteiger partial charge in [0.25, 0.3) is 0 Å². The first-order valence-corrected chi connectivity index (χ1v) is 6.62. The van der Waals surface area contributed by atoms with E-state index >= 15 is 0 Å². The van der Waals surface area contributed by atoms with Crippen molar-refractivity contribution in [2.24, 2.45) is 11.7 Å². The van der Waals surface area contributed by atoms with Gasteiger partial charge >= 0.3 is 0 Å². The zero-order chi connectivity index (χ0) is 12.7. The number of hydrogen-bond acceptors (Lipinski definition) is 2. The van der Waals surface area contributed by atoms with Crippen molar-refractivity contribution in [3.63, 3.8) is 0 Å². The number of nitrogens with one attached hydrogen (secondary N) is 1. The minimum atomic E-state index is 0.451. The molecule has 1 rings (SSSR count). The average molecular weight is 234 g/mol. The maximum Gasteiger partial charge on any atom is 0.0213 e. The first-order valence-electron chi connectivity index (χ1n) is 6.62. The molecule has 0 aliphatic heterocycles. The quantitative estimate of drug-likeness (QED) is 0.711. The lowest BCUT2D eigenvalue weighted by molar-refractivity contribution is 0.404. The fourth-order valence-corrected chi connectivity index (χ4v) is 2.04. The van der Waals surface area contributed by atoms with E-state index < -0.39 is 0 Å². The smallest absolute Gasteiger partial charge is 0.0213 e. The molecule has 0 aliphatic rings. The maximum atomic E-state index is 5.72. The Balaban J connectivity index is 2.24. The molecule has 1 unspecified atom stereocenters. The van der Waals surface area contributed by atoms with Crippen LogP contribution in [0.3, 0.4) is 0 Å². The topological polar surface area (TPSA) is 38.0 Å². The highest BCUT2D eigenvalue weighted by molar-refractivity contribution is 5.22. The molecule has 96 valence electrons. The summed E-state index contributed by atoms with van der Waals surface area (Å²) in [4.78, 5) is 0. The summed E-state index contributed by atoms with van der Waals surface area (Å²) in [7, 11) is 0. The van der Waals surface area contributed by atoms with Crippen molar-refractivity contribution in [3.8, 4) is 0 Å². The van der Waals surface area contributed by atoms with Gasteiger partial charge < -0.3 is 11.1 Å². The van der Waals surface area contributed by atoms with Crippen LogP contribution in [-0.4, -0.2) is 19.1 Å². The van der Waals surface area contributed by atoms with E-state index in [1.165, 1.54) is 17.5 Å². The van der Waals surface area contributed by atoms with Crippen LogP contribution in [0.15, 0.2) is 24.3 Å². The van der Waals surface area contributed by atoms with Gasteiger partial charge in [-0.1, -0.05) is 43.7 Å². The highest BCUT2D eigenvalue weighted by Crippen LogP contribution is 2.06. The highest BCUT2D eigenvalue weighted by atomic mass is 14.9. The summed E-state index contributed by atoms with van der Waals surface area (Å²) in [6.07, 6.45) is 2.32. The summed E-state index contributed by atoms with van der Waals surface area (Å²) >= 11 is 0. The van der Waals surface area contributed by atoms with E-state index in [0.29, 0.717) is 12.0 Å². The molecule has 0 saturated heterocycles. The molecule has 2 nitrogen and oxygen atoms in total. The molecular weight excluding hydrogens is 208 g/mol. The predicted molar refractivity (Wildman–Crippen MR) is 75.2 cm³/mol. The van der Waals surface area contributed by atoms with Crippen LogP contribution in [0.1, 0.15) is 31.4 Å². The Bertz CT molecular complexity index is 320. The van der Waals surface area contributed by atoms with Crippen molar-refractivity contribution in [1.29, 1.82) is 0 Å². The van der Waals surface area contributed by atoms with Crippen LogP contribution >= 0.6 is 0 Å². The lowest BCUT2D eigenvalue weighted by atomic mass is 10.0. The molecule has 0 aromatic heterocycles. The molecule has 1 aromatic rings. The second kappa shape index (κ2) is 7.46. The van der Waals surface area contributed by atoms with Gasteiger partial charge in [0, 0.05) is 12.6 Å². The van der Waals surface area contributed by atoms with Gasteiger partial charge in [-0.15, -0.1) is 0 Å². The monoisotopic (exact) mass is 234 g/mol. The fraction of sp³-hybridized carbons (Fsp3) is 0.600. The van der Waals surface area contributed by atoms with Crippen molar-refractivity contribution in [3.05, 3.63) is 35.4 Å². The van der Waals surface area contributed by atoms with Crippen LogP contribution < -0.4 is 11.1 Å². The Kier molecular flexibility index (Phi) is 6.23. The lowest BCUT2D eigenvalue weighted by Crippen LogP contribution is -2.40. The third-order valence-electron chi connectivity index (χ3n) is 3.19. The van der Waals surface area contributed by atoms with Gasteiger partial charge in [0.05, 0.1) is 0 Å². The van der Waals surface area contributed by atoms with Gasteiger partial charge in [0.1, 0.15) is 0 Å². The van der Waals surface area contributed by atoms with Crippen molar-refractivity contribution >= 4 is 0 Å². The normalized spacial score (nSPS) is 13.0. The Morgan fingerprint density at radius 2 is 2.06 bits per heavy atom. The molecule has 2 heteroatoms. The van der Waals surface area contributed by atoms with Crippen LogP contribution in [0.25, 0.3) is 0 Å². The van der Waals surface area contributed by atoms with E-state index in [0.717, 1.165) is 19.5 Å². The zero-order valence-electron chi connectivity index (χ0n) is 11.4. The molecule has 0 radical (unpaired) electrons. The number of aryl methyl sites for hydroxylation is 2. The number of rotatable bonds is 7. The zero-order valence-corrected chi connectivity index (χ0v) is 11.4. The molecular formula is C15H26N2. The van der Waals surface area contributed by atoms with Crippen LogP contribution in [0.2, 0.25) is 0 Å². The van der Waals surface area contributed by atoms with Crippen molar-refractivity contribution < 1.29 is 0 Å². The van der Waals surface area contributed by atoms with Gasteiger partial charge in [0.2, 0.25) is 0 Å². The molecule has 0 fully saturated rings. The Hall–Kier alpha value is -0.860. The second-order valence-corrected chi connectivity index (χ2v) is 5.13. The van der Waals surface area contributed by atoms with E-state index in [2.05, 4.69) is 50.4 Å². The molecule has 0 bridgehead atoms. The molecule has 0 spiro atoms. The third-order valence-corrected chi connectivity index (χ3v) is 3.19. The molecule has 1 atom stereocenters. The molecule has 17 heavy (non-hydrogen) atoms. The van der Waals surface area contributed by atoms with Gasteiger partial charge in [-0.25, -0.2) is 0 Å². The number of hydrogen-bond donors (Lipinski definition) is 2. The Morgan fingerprint density at radius 3 is 2.65 bits per heavy atom. The molecule has 0 heterocycles. The molecule has 0 amide bonds. The van der Waals surface area contributed by atoms with Crippen LogP contribution in [-0.2, 0) is 6.42 Å². The van der Waals surface area contributed by atoms with Crippen LogP contribution in [0.5, 0.6) is 0 Å². The molecule has 3 N–H and O–H groups in total. The maximum absolute atomic E-state index is 5.72. The number of nitrogens with two attached hydrogens (primary N) is 1. The summed E-state index contributed by atoms with van der Waals surface area (Å²) < 4.78 is 0. The minimum Gasteiger partial charge on any atom is -0.329 e. The van der Waals surface area contributed by atoms with Crippen molar-refractivity contribution in [1.82, 2.24) is 5.32 Å². The number of benzene rings is 1. The fourth-order valence-electron chi connectivity index (χ4n) is 2.04. The Morgan fingerprint density at radius 1 is 1.29 bits per heavy atom. The standard InChI is InChI=1S/C15H26N2/c1-12(2)15(11-16)17-9-5-8-14-7-4-6-13(3)10-14/h4,6-7,10,12,15,17H,5,8-9,11,16H2,1-3H3. The first kappa shape index (κ1) is 14.2. The molecule has 0 aliphatic carbocycles. The van der Waals surface area contributed by atoms with Gasteiger partial charge in [0.15, 0.2) is 0 Å².